The first kappa shape index (κ1) is 21.0. The van der Waals surface area contributed by atoms with Crippen molar-refractivity contribution in [2.75, 3.05) is 39.9 Å². The van der Waals surface area contributed by atoms with Crippen LogP contribution in [-0.4, -0.2) is 76.8 Å². The Morgan fingerprint density at radius 2 is 2.07 bits per heavy atom. The van der Waals surface area contributed by atoms with E-state index < -0.39 is 0 Å². The number of rotatable bonds is 8. The number of fused-ring (bicyclic) bond motifs is 1. The van der Waals surface area contributed by atoms with E-state index in [0.717, 1.165) is 24.2 Å². The lowest BCUT2D eigenvalue weighted by Crippen LogP contribution is -2.51. The highest BCUT2D eigenvalue weighted by atomic mass is 16.5. The number of methoxy groups -OCH3 is 1. The zero-order valence-corrected chi connectivity index (χ0v) is 17.9. The molecule has 7 heteroatoms. The molecule has 2 aliphatic rings. The molecule has 2 aliphatic heterocycles. The lowest BCUT2D eigenvalue weighted by Gasteiger charge is -2.45. The van der Waals surface area contributed by atoms with E-state index in [4.69, 9.17) is 4.74 Å². The summed E-state index contributed by atoms with van der Waals surface area (Å²) in [7, 11) is 1.71. The standard InChI is InChI=1S/C23H33N5O2/c1-30-15-5-14-28(17-19-6-4-13-27-12-3-2-7-22(19)27)23(29)21-16-20(25-26-21)18-8-10-24-11-9-18/h8-11,16,19,22H,2-7,12-15,17H2,1H3,(H,25,26). The van der Waals surface area contributed by atoms with Crippen LogP contribution >= 0.6 is 0 Å². The molecule has 0 aliphatic carbocycles. The third kappa shape index (κ3) is 4.90. The van der Waals surface area contributed by atoms with Gasteiger partial charge in [0, 0.05) is 50.8 Å². The maximum atomic E-state index is 13.4. The Balaban J connectivity index is 1.48. The zero-order valence-electron chi connectivity index (χ0n) is 17.9. The van der Waals surface area contributed by atoms with Crippen molar-refractivity contribution in [2.45, 2.75) is 44.6 Å². The second-order valence-corrected chi connectivity index (χ2v) is 8.50. The maximum Gasteiger partial charge on any atom is 0.271 e. The van der Waals surface area contributed by atoms with E-state index in [-0.39, 0.29) is 5.91 Å². The van der Waals surface area contributed by atoms with E-state index in [0.29, 0.717) is 30.8 Å². The van der Waals surface area contributed by atoms with E-state index in [2.05, 4.69) is 20.1 Å². The molecule has 2 atom stereocenters. The van der Waals surface area contributed by atoms with E-state index in [1.54, 1.807) is 19.5 Å². The van der Waals surface area contributed by atoms with Crippen LogP contribution in [0, 0.1) is 5.92 Å². The SMILES string of the molecule is COCCCN(CC1CCCN2CCCCC12)C(=O)c1cc(-c2ccncc2)n[nH]1. The Morgan fingerprint density at radius 3 is 2.90 bits per heavy atom. The highest BCUT2D eigenvalue weighted by molar-refractivity contribution is 5.93. The van der Waals surface area contributed by atoms with Crippen molar-refractivity contribution < 1.29 is 9.53 Å². The number of hydrogen-bond acceptors (Lipinski definition) is 5. The van der Waals surface area contributed by atoms with E-state index >= 15 is 0 Å². The Labute approximate surface area is 178 Å². The van der Waals surface area contributed by atoms with Crippen molar-refractivity contribution in [3.05, 3.63) is 36.3 Å². The van der Waals surface area contributed by atoms with Crippen molar-refractivity contribution in [3.8, 4) is 11.3 Å². The fraction of sp³-hybridized carbons (Fsp3) is 0.609. The smallest absolute Gasteiger partial charge is 0.271 e. The fourth-order valence-corrected chi connectivity index (χ4v) is 5.02. The summed E-state index contributed by atoms with van der Waals surface area (Å²) in [5.41, 5.74) is 2.28. The van der Waals surface area contributed by atoms with Crippen LogP contribution in [0.2, 0.25) is 0 Å². The molecule has 2 unspecified atom stereocenters. The normalized spacial score (nSPS) is 21.9. The maximum absolute atomic E-state index is 13.4. The molecule has 0 radical (unpaired) electrons. The highest BCUT2D eigenvalue weighted by Crippen LogP contribution is 2.31. The average molecular weight is 412 g/mol. The number of aromatic amines is 1. The summed E-state index contributed by atoms with van der Waals surface area (Å²) in [6.07, 6.45) is 10.6. The predicted molar refractivity (Wildman–Crippen MR) is 116 cm³/mol. The van der Waals surface area contributed by atoms with Gasteiger partial charge in [0.1, 0.15) is 5.69 Å². The molecule has 2 aromatic heterocycles. The molecular formula is C23H33N5O2. The van der Waals surface area contributed by atoms with Crippen LogP contribution < -0.4 is 0 Å². The molecule has 0 spiro atoms. The first-order chi connectivity index (χ1) is 14.8. The minimum absolute atomic E-state index is 0.0341. The molecule has 162 valence electrons. The summed E-state index contributed by atoms with van der Waals surface area (Å²) >= 11 is 0. The quantitative estimate of drug-likeness (QED) is 0.675. The Hall–Kier alpha value is -2.25. The predicted octanol–water partition coefficient (Wildman–Crippen LogP) is 3.21. The second-order valence-electron chi connectivity index (χ2n) is 8.50. The van der Waals surface area contributed by atoms with Crippen LogP contribution in [0.15, 0.2) is 30.6 Å². The highest BCUT2D eigenvalue weighted by Gasteiger charge is 2.35. The molecule has 1 amide bonds. The number of carbonyl (C=O) groups excluding carboxylic acids is 1. The molecule has 4 rings (SSSR count). The Kier molecular flexibility index (Phi) is 7.12. The number of nitrogens with one attached hydrogen (secondary N) is 1. The number of carbonyl (C=O) groups is 1. The van der Waals surface area contributed by atoms with Gasteiger partial charge >= 0.3 is 0 Å². The summed E-state index contributed by atoms with van der Waals surface area (Å²) in [6.45, 7) is 4.62. The molecule has 2 aromatic rings. The van der Waals surface area contributed by atoms with Crippen molar-refractivity contribution >= 4 is 5.91 Å². The van der Waals surface area contributed by atoms with Crippen LogP contribution in [0.4, 0.5) is 0 Å². The summed E-state index contributed by atoms with van der Waals surface area (Å²) in [5.74, 6) is 0.583. The second kappa shape index (κ2) is 10.2. The van der Waals surface area contributed by atoms with Crippen LogP contribution in [0.3, 0.4) is 0 Å². The lowest BCUT2D eigenvalue weighted by molar-refractivity contribution is 0.0344. The average Bonchev–Trinajstić information content (AvgIpc) is 3.29. The van der Waals surface area contributed by atoms with Gasteiger partial charge in [0.15, 0.2) is 0 Å². The van der Waals surface area contributed by atoms with Crippen LogP contribution in [0.1, 0.15) is 49.0 Å². The summed E-state index contributed by atoms with van der Waals surface area (Å²) in [6, 6.07) is 6.29. The van der Waals surface area contributed by atoms with Gasteiger partial charge in [-0.3, -0.25) is 14.9 Å². The molecular weight excluding hydrogens is 378 g/mol. The van der Waals surface area contributed by atoms with Gasteiger partial charge in [0.2, 0.25) is 0 Å². The number of H-pyrrole nitrogens is 1. The number of amides is 1. The van der Waals surface area contributed by atoms with Crippen LogP contribution in [-0.2, 0) is 4.74 Å². The van der Waals surface area contributed by atoms with Gasteiger partial charge in [-0.15, -0.1) is 0 Å². The fourth-order valence-electron chi connectivity index (χ4n) is 5.02. The molecule has 2 saturated heterocycles. The molecule has 7 nitrogen and oxygen atoms in total. The molecule has 4 heterocycles. The monoisotopic (exact) mass is 411 g/mol. The molecule has 0 saturated carbocycles. The largest absolute Gasteiger partial charge is 0.385 e. The molecule has 0 aromatic carbocycles. The van der Waals surface area contributed by atoms with E-state index in [1.165, 1.54) is 45.2 Å². The number of pyridine rings is 1. The summed E-state index contributed by atoms with van der Waals surface area (Å²) in [4.78, 5) is 22.1. The van der Waals surface area contributed by atoms with Gasteiger partial charge in [0.05, 0.1) is 5.69 Å². The topological polar surface area (TPSA) is 74.3 Å². The first-order valence-corrected chi connectivity index (χ1v) is 11.2. The van der Waals surface area contributed by atoms with Crippen molar-refractivity contribution in [1.29, 1.82) is 0 Å². The van der Waals surface area contributed by atoms with Gasteiger partial charge in [-0.2, -0.15) is 5.10 Å². The van der Waals surface area contributed by atoms with E-state index in [9.17, 15) is 4.79 Å². The molecule has 2 fully saturated rings. The number of piperidine rings is 2. The number of hydrogen-bond donors (Lipinski definition) is 1. The van der Waals surface area contributed by atoms with Gasteiger partial charge < -0.3 is 14.5 Å². The Bertz CT molecular complexity index is 807. The number of aromatic nitrogens is 3. The van der Waals surface area contributed by atoms with Crippen molar-refractivity contribution in [3.63, 3.8) is 0 Å². The molecule has 30 heavy (non-hydrogen) atoms. The van der Waals surface area contributed by atoms with Crippen LogP contribution in [0.5, 0.6) is 0 Å². The van der Waals surface area contributed by atoms with Gasteiger partial charge in [-0.25, -0.2) is 0 Å². The van der Waals surface area contributed by atoms with Gasteiger partial charge in [-0.05, 0) is 69.3 Å². The van der Waals surface area contributed by atoms with Crippen molar-refractivity contribution in [2.24, 2.45) is 5.92 Å². The summed E-state index contributed by atoms with van der Waals surface area (Å²) < 4.78 is 5.24. The lowest BCUT2D eigenvalue weighted by atomic mass is 9.83. The van der Waals surface area contributed by atoms with Crippen molar-refractivity contribution in [1.82, 2.24) is 25.0 Å². The molecule has 1 N–H and O–H groups in total. The van der Waals surface area contributed by atoms with E-state index in [1.807, 2.05) is 23.1 Å². The molecule has 0 bridgehead atoms. The zero-order chi connectivity index (χ0) is 20.8. The summed E-state index contributed by atoms with van der Waals surface area (Å²) in [5, 5.41) is 7.33. The number of ether oxygens (including phenoxy) is 1. The third-order valence-corrected chi connectivity index (χ3v) is 6.53. The number of nitrogens with zero attached hydrogens (tertiary/aromatic N) is 4. The third-order valence-electron chi connectivity index (χ3n) is 6.53. The van der Waals surface area contributed by atoms with Crippen LogP contribution in [0.25, 0.3) is 11.3 Å². The first-order valence-electron chi connectivity index (χ1n) is 11.2. The van der Waals surface area contributed by atoms with Gasteiger partial charge in [-0.1, -0.05) is 6.42 Å². The minimum atomic E-state index is 0.0341. The van der Waals surface area contributed by atoms with Gasteiger partial charge in [0.25, 0.3) is 5.91 Å². The minimum Gasteiger partial charge on any atom is -0.385 e. The Morgan fingerprint density at radius 1 is 1.23 bits per heavy atom.